The van der Waals surface area contributed by atoms with Gasteiger partial charge in [-0.05, 0) is 16.7 Å². The molecule has 3 aromatic carbocycles. The van der Waals surface area contributed by atoms with Crippen LogP contribution in [0.2, 0.25) is 0 Å². The minimum atomic E-state index is -0.230. The smallest absolute Gasteiger partial charge is 0.307 e. The summed E-state index contributed by atoms with van der Waals surface area (Å²) in [7, 11) is 1.43. The number of benzene rings is 3. The largest absolute Gasteiger partial charge is 0.469 e. The van der Waals surface area contributed by atoms with E-state index in [0.29, 0.717) is 0 Å². The minimum absolute atomic E-state index is 0.0211. The van der Waals surface area contributed by atoms with Crippen LogP contribution in [-0.2, 0) is 9.53 Å². The van der Waals surface area contributed by atoms with Crippen LogP contribution < -0.4 is 5.32 Å². The summed E-state index contributed by atoms with van der Waals surface area (Å²) >= 11 is 0. The van der Waals surface area contributed by atoms with Crippen LogP contribution in [0.1, 0.15) is 35.2 Å². The third-order valence-electron chi connectivity index (χ3n) is 4.43. The van der Waals surface area contributed by atoms with Crippen molar-refractivity contribution < 1.29 is 9.53 Å². The molecule has 0 aliphatic carbocycles. The average Bonchev–Trinajstić information content (AvgIpc) is 2.72. The molecule has 3 heteroatoms. The van der Waals surface area contributed by atoms with E-state index in [-0.39, 0.29) is 24.5 Å². The maximum atomic E-state index is 12.0. The van der Waals surface area contributed by atoms with Crippen molar-refractivity contribution in [1.29, 1.82) is 0 Å². The number of nitrogens with one attached hydrogen (secondary N) is 1. The van der Waals surface area contributed by atoms with Gasteiger partial charge in [-0.3, -0.25) is 10.1 Å². The Bertz CT molecular complexity index is 764. The lowest BCUT2D eigenvalue weighted by molar-refractivity contribution is -0.141. The first-order valence-corrected chi connectivity index (χ1v) is 8.75. The summed E-state index contributed by atoms with van der Waals surface area (Å²) < 4.78 is 4.92. The molecule has 0 aliphatic rings. The highest BCUT2D eigenvalue weighted by Gasteiger charge is 2.22. The van der Waals surface area contributed by atoms with Crippen LogP contribution in [0.3, 0.4) is 0 Å². The van der Waals surface area contributed by atoms with Gasteiger partial charge in [-0.15, -0.1) is 0 Å². The molecule has 3 aromatic rings. The second-order valence-corrected chi connectivity index (χ2v) is 6.16. The van der Waals surface area contributed by atoms with Crippen molar-refractivity contribution >= 4 is 5.97 Å². The van der Waals surface area contributed by atoms with Crippen LogP contribution in [0.25, 0.3) is 0 Å². The van der Waals surface area contributed by atoms with Crippen LogP contribution in [-0.4, -0.2) is 13.1 Å². The van der Waals surface area contributed by atoms with Crippen molar-refractivity contribution in [2.45, 2.75) is 18.5 Å². The van der Waals surface area contributed by atoms with E-state index >= 15 is 0 Å². The molecule has 0 saturated heterocycles. The molecule has 0 fully saturated rings. The van der Waals surface area contributed by atoms with Crippen LogP contribution in [0, 0.1) is 0 Å². The average molecular weight is 345 g/mol. The molecule has 3 rings (SSSR count). The van der Waals surface area contributed by atoms with E-state index in [2.05, 4.69) is 29.6 Å². The number of rotatable bonds is 7. The molecule has 0 heterocycles. The van der Waals surface area contributed by atoms with Crippen molar-refractivity contribution in [2.75, 3.05) is 7.11 Å². The highest BCUT2D eigenvalue weighted by atomic mass is 16.5. The number of hydrogen-bond donors (Lipinski definition) is 1. The van der Waals surface area contributed by atoms with Crippen LogP contribution in [0.4, 0.5) is 0 Å². The molecule has 0 bridgehead atoms. The number of carbonyl (C=O) groups excluding carboxylic acids is 1. The van der Waals surface area contributed by atoms with Crippen molar-refractivity contribution in [3.63, 3.8) is 0 Å². The van der Waals surface area contributed by atoms with E-state index in [1.165, 1.54) is 7.11 Å². The first-order valence-electron chi connectivity index (χ1n) is 8.75. The van der Waals surface area contributed by atoms with Gasteiger partial charge in [-0.2, -0.15) is 0 Å². The Morgan fingerprint density at radius 1 is 0.769 bits per heavy atom. The number of methoxy groups -OCH3 is 1. The summed E-state index contributed by atoms with van der Waals surface area (Å²) in [5, 5.41) is 3.67. The first kappa shape index (κ1) is 17.9. The molecule has 0 aromatic heterocycles. The fourth-order valence-corrected chi connectivity index (χ4v) is 3.09. The van der Waals surface area contributed by atoms with Gasteiger partial charge < -0.3 is 4.74 Å². The summed E-state index contributed by atoms with van der Waals surface area (Å²) in [6, 6.07) is 30.4. The molecule has 1 N–H and O–H groups in total. The zero-order chi connectivity index (χ0) is 18.2. The van der Waals surface area contributed by atoms with E-state index in [0.717, 1.165) is 16.7 Å². The topological polar surface area (TPSA) is 38.3 Å². The molecule has 0 radical (unpaired) electrons. The molecular formula is C23H23NO2. The normalized spacial score (nSPS) is 11.9. The van der Waals surface area contributed by atoms with E-state index < -0.39 is 0 Å². The standard InChI is InChI=1S/C23H23NO2/c1-26-22(25)17-21(18-11-5-2-6-12-18)24-23(19-13-7-3-8-14-19)20-15-9-4-10-16-20/h2-16,21,23-24H,17H2,1H3/t21-/m0/s1. The van der Waals surface area contributed by atoms with Crippen molar-refractivity contribution in [2.24, 2.45) is 0 Å². The van der Waals surface area contributed by atoms with Crippen LogP contribution in [0.5, 0.6) is 0 Å². The van der Waals surface area contributed by atoms with E-state index in [9.17, 15) is 4.79 Å². The lowest BCUT2D eigenvalue weighted by Crippen LogP contribution is -2.29. The predicted molar refractivity (Wildman–Crippen MR) is 104 cm³/mol. The van der Waals surface area contributed by atoms with Gasteiger partial charge in [0.1, 0.15) is 0 Å². The Kier molecular flexibility index (Phi) is 6.18. The Labute approximate surface area is 154 Å². The fourth-order valence-electron chi connectivity index (χ4n) is 3.09. The monoisotopic (exact) mass is 345 g/mol. The lowest BCUT2D eigenvalue weighted by atomic mass is 9.95. The number of carbonyl (C=O) groups is 1. The highest BCUT2D eigenvalue weighted by Crippen LogP contribution is 2.27. The second-order valence-electron chi connectivity index (χ2n) is 6.16. The van der Waals surface area contributed by atoms with Crippen molar-refractivity contribution in [1.82, 2.24) is 5.32 Å². The minimum Gasteiger partial charge on any atom is -0.469 e. The quantitative estimate of drug-likeness (QED) is 0.632. The molecular weight excluding hydrogens is 322 g/mol. The van der Waals surface area contributed by atoms with E-state index in [4.69, 9.17) is 4.74 Å². The summed E-state index contributed by atoms with van der Waals surface area (Å²) in [6.45, 7) is 0. The summed E-state index contributed by atoms with van der Waals surface area (Å²) in [5.74, 6) is -0.230. The van der Waals surface area contributed by atoms with Crippen molar-refractivity contribution in [3.05, 3.63) is 108 Å². The zero-order valence-corrected chi connectivity index (χ0v) is 14.8. The molecule has 0 amide bonds. The third kappa shape index (κ3) is 4.58. The predicted octanol–water partition coefficient (Wildman–Crippen LogP) is 4.67. The highest BCUT2D eigenvalue weighted by molar-refractivity contribution is 5.70. The Morgan fingerprint density at radius 3 is 1.62 bits per heavy atom. The van der Waals surface area contributed by atoms with Crippen LogP contribution in [0.15, 0.2) is 91.0 Å². The van der Waals surface area contributed by atoms with Gasteiger partial charge in [-0.1, -0.05) is 91.0 Å². The van der Waals surface area contributed by atoms with Gasteiger partial charge in [-0.25, -0.2) is 0 Å². The SMILES string of the molecule is COC(=O)C[C@H](NC(c1ccccc1)c1ccccc1)c1ccccc1. The lowest BCUT2D eigenvalue weighted by Gasteiger charge is -2.26. The molecule has 0 spiro atoms. The number of hydrogen-bond acceptors (Lipinski definition) is 3. The maximum absolute atomic E-state index is 12.0. The molecule has 0 aliphatic heterocycles. The zero-order valence-electron chi connectivity index (χ0n) is 14.8. The Hall–Kier alpha value is -2.91. The molecule has 0 saturated carbocycles. The second kappa shape index (κ2) is 8.97. The Morgan fingerprint density at radius 2 is 1.19 bits per heavy atom. The molecule has 26 heavy (non-hydrogen) atoms. The summed E-state index contributed by atoms with van der Waals surface area (Å²) in [4.78, 5) is 12.0. The van der Waals surface area contributed by atoms with Gasteiger partial charge in [0.25, 0.3) is 0 Å². The molecule has 1 atom stereocenters. The molecule has 3 nitrogen and oxygen atoms in total. The van der Waals surface area contributed by atoms with Crippen LogP contribution >= 0.6 is 0 Å². The first-order chi connectivity index (χ1) is 12.8. The third-order valence-corrected chi connectivity index (χ3v) is 4.43. The van der Waals surface area contributed by atoms with E-state index in [1.54, 1.807) is 0 Å². The van der Waals surface area contributed by atoms with Gasteiger partial charge in [0, 0.05) is 6.04 Å². The van der Waals surface area contributed by atoms with Gasteiger partial charge >= 0.3 is 5.97 Å². The van der Waals surface area contributed by atoms with Gasteiger partial charge in [0.2, 0.25) is 0 Å². The van der Waals surface area contributed by atoms with Gasteiger partial charge in [0.05, 0.1) is 19.6 Å². The Balaban J connectivity index is 1.95. The molecule has 132 valence electrons. The number of esters is 1. The maximum Gasteiger partial charge on any atom is 0.307 e. The summed E-state index contributed by atoms with van der Waals surface area (Å²) in [5.41, 5.74) is 3.38. The molecule has 0 unspecified atom stereocenters. The fraction of sp³-hybridized carbons (Fsp3) is 0.174. The van der Waals surface area contributed by atoms with Crippen molar-refractivity contribution in [3.8, 4) is 0 Å². The van der Waals surface area contributed by atoms with Gasteiger partial charge in [0.15, 0.2) is 0 Å². The summed E-state index contributed by atoms with van der Waals surface area (Å²) in [6.07, 6.45) is 0.274. The van der Waals surface area contributed by atoms with E-state index in [1.807, 2.05) is 66.7 Å². The number of ether oxygens (including phenoxy) is 1.